The van der Waals surface area contributed by atoms with Gasteiger partial charge in [-0.05, 0) is 12.1 Å². The third-order valence-electron chi connectivity index (χ3n) is 3.96. The molecule has 0 N–H and O–H groups in total. The second-order valence-electron chi connectivity index (χ2n) is 5.94. The van der Waals surface area contributed by atoms with Crippen LogP contribution in [0.2, 0.25) is 0 Å². The first kappa shape index (κ1) is 18.5. The van der Waals surface area contributed by atoms with Gasteiger partial charge in [0.15, 0.2) is 0 Å². The number of alkyl halides is 2. The monoisotopic (exact) mass is 400 g/mol. The number of benzene rings is 1. The van der Waals surface area contributed by atoms with Crippen molar-refractivity contribution in [3.05, 3.63) is 65.7 Å². The summed E-state index contributed by atoms with van der Waals surface area (Å²) in [5.74, 6) is -1.80. The summed E-state index contributed by atoms with van der Waals surface area (Å²) in [4.78, 5) is 14.9. The minimum absolute atomic E-state index is 0.0153. The molecular weight excluding hydrogens is 389 g/mol. The second-order valence-corrected chi connectivity index (χ2v) is 5.94. The molecule has 0 unspecified atom stereocenters. The summed E-state index contributed by atoms with van der Waals surface area (Å²) in [5.41, 5.74) is 1.83. The molecule has 0 aliphatic heterocycles. The van der Waals surface area contributed by atoms with E-state index in [1.54, 1.807) is 30.5 Å². The lowest BCUT2D eigenvalue weighted by atomic mass is 10.1. The van der Waals surface area contributed by atoms with E-state index in [1.807, 2.05) is 0 Å². The minimum atomic E-state index is -2.91. The predicted octanol–water partition coefficient (Wildman–Crippen LogP) is 3.33. The van der Waals surface area contributed by atoms with E-state index >= 15 is 0 Å². The van der Waals surface area contributed by atoms with Gasteiger partial charge in [0.1, 0.15) is 17.8 Å². The van der Waals surface area contributed by atoms with E-state index in [-0.39, 0.29) is 23.7 Å². The number of hydrogen-bond donors (Lipinski definition) is 0. The van der Waals surface area contributed by atoms with Gasteiger partial charge in [-0.15, -0.1) is 15.3 Å². The van der Waals surface area contributed by atoms with Gasteiger partial charge in [-0.1, -0.05) is 23.4 Å². The normalized spacial score (nSPS) is 11.2. The summed E-state index contributed by atoms with van der Waals surface area (Å²) in [6.45, 7) is -0.0153. The maximum atomic E-state index is 14.4. The van der Waals surface area contributed by atoms with Crippen LogP contribution in [-0.2, 0) is 6.54 Å². The number of hydrogen-bond acceptors (Lipinski definition) is 7. The molecule has 3 heterocycles. The Morgan fingerprint density at radius 3 is 2.72 bits per heavy atom. The Labute approximate surface area is 161 Å². The van der Waals surface area contributed by atoms with Crippen molar-refractivity contribution in [1.29, 1.82) is 0 Å². The molecule has 4 aromatic rings. The maximum Gasteiger partial charge on any atom is 0.314 e. The number of carbonyl (C=O) groups excluding carboxylic acids is 1. The van der Waals surface area contributed by atoms with Crippen molar-refractivity contribution >= 4 is 6.29 Å². The highest BCUT2D eigenvalue weighted by Crippen LogP contribution is 2.24. The standard InChI is InChI=1S/C18H11F3N6O2/c19-13-5-12(17-24-25-18(29-17)16(20)21)6-22-15(13)8-27-7-14(23-26-27)11-3-1-2-10(4-11)9-28/h1-7,9,16H,8H2. The highest BCUT2D eigenvalue weighted by molar-refractivity contribution is 5.78. The van der Waals surface area contributed by atoms with Gasteiger partial charge in [0.2, 0.25) is 5.89 Å². The summed E-state index contributed by atoms with van der Waals surface area (Å²) < 4.78 is 45.6. The van der Waals surface area contributed by atoms with Gasteiger partial charge < -0.3 is 4.42 Å². The van der Waals surface area contributed by atoms with Crippen molar-refractivity contribution in [3.63, 3.8) is 0 Å². The summed E-state index contributed by atoms with van der Waals surface area (Å²) in [6.07, 6.45) is 0.642. The van der Waals surface area contributed by atoms with E-state index in [9.17, 15) is 18.0 Å². The van der Waals surface area contributed by atoms with E-state index in [0.717, 1.165) is 12.4 Å². The lowest BCUT2D eigenvalue weighted by Crippen LogP contribution is -2.05. The average molecular weight is 400 g/mol. The Bertz CT molecular complexity index is 1170. The lowest BCUT2D eigenvalue weighted by Gasteiger charge is -2.03. The van der Waals surface area contributed by atoms with Gasteiger partial charge in [0, 0.05) is 17.3 Å². The van der Waals surface area contributed by atoms with Crippen LogP contribution in [0.15, 0.2) is 47.1 Å². The average Bonchev–Trinajstić information content (AvgIpc) is 3.39. The molecule has 29 heavy (non-hydrogen) atoms. The molecule has 0 fully saturated rings. The molecule has 0 saturated heterocycles. The fourth-order valence-corrected chi connectivity index (χ4v) is 2.57. The fourth-order valence-electron chi connectivity index (χ4n) is 2.57. The molecule has 0 saturated carbocycles. The van der Waals surface area contributed by atoms with Crippen LogP contribution in [0.3, 0.4) is 0 Å². The van der Waals surface area contributed by atoms with Crippen molar-refractivity contribution in [2.24, 2.45) is 0 Å². The zero-order valence-corrected chi connectivity index (χ0v) is 14.5. The number of aromatic nitrogens is 6. The Hall–Kier alpha value is -3.89. The maximum absolute atomic E-state index is 14.4. The SMILES string of the molecule is O=Cc1cccc(-c2cn(Cc3ncc(-c4nnc(C(F)F)o4)cc3F)nn2)c1. The third-order valence-corrected chi connectivity index (χ3v) is 3.96. The van der Waals surface area contributed by atoms with E-state index in [0.29, 0.717) is 16.8 Å². The Kier molecular flexibility index (Phi) is 4.85. The lowest BCUT2D eigenvalue weighted by molar-refractivity contribution is 0.112. The van der Waals surface area contributed by atoms with Crippen LogP contribution >= 0.6 is 0 Å². The predicted molar refractivity (Wildman–Crippen MR) is 92.4 cm³/mol. The fraction of sp³-hybridized carbons (Fsp3) is 0.111. The van der Waals surface area contributed by atoms with E-state index < -0.39 is 18.1 Å². The number of carbonyl (C=O) groups is 1. The molecule has 11 heteroatoms. The number of aldehydes is 1. The van der Waals surface area contributed by atoms with Crippen molar-refractivity contribution < 1.29 is 22.4 Å². The highest BCUT2D eigenvalue weighted by Gasteiger charge is 2.18. The zero-order chi connectivity index (χ0) is 20.4. The van der Waals surface area contributed by atoms with Crippen LogP contribution in [0.25, 0.3) is 22.7 Å². The number of rotatable bonds is 6. The van der Waals surface area contributed by atoms with Gasteiger partial charge in [0.25, 0.3) is 5.89 Å². The van der Waals surface area contributed by atoms with Crippen LogP contribution in [0, 0.1) is 5.82 Å². The smallest absolute Gasteiger partial charge is 0.314 e. The molecule has 1 aromatic carbocycles. The quantitative estimate of drug-likeness (QED) is 0.458. The van der Waals surface area contributed by atoms with Crippen LogP contribution < -0.4 is 0 Å². The van der Waals surface area contributed by atoms with Crippen LogP contribution in [-0.4, -0.2) is 36.5 Å². The molecule has 0 amide bonds. The van der Waals surface area contributed by atoms with Crippen LogP contribution in [0.4, 0.5) is 13.2 Å². The van der Waals surface area contributed by atoms with Crippen LogP contribution in [0.1, 0.15) is 28.4 Å². The van der Waals surface area contributed by atoms with Crippen molar-refractivity contribution in [3.8, 4) is 22.7 Å². The molecule has 0 atom stereocenters. The van der Waals surface area contributed by atoms with Gasteiger partial charge in [-0.3, -0.25) is 9.78 Å². The first-order valence-electron chi connectivity index (χ1n) is 8.25. The molecule has 0 spiro atoms. The Morgan fingerprint density at radius 2 is 2.00 bits per heavy atom. The van der Waals surface area contributed by atoms with Crippen molar-refractivity contribution in [2.45, 2.75) is 13.0 Å². The van der Waals surface area contributed by atoms with Crippen molar-refractivity contribution in [1.82, 2.24) is 30.2 Å². The van der Waals surface area contributed by atoms with E-state index in [4.69, 9.17) is 4.42 Å². The van der Waals surface area contributed by atoms with E-state index in [1.165, 1.54) is 10.9 Å². The number of pyridine rings is 1. The number of halogens is 3. The zero-order valence-electron chi connectivity index (χ0n) is 14.5. The first-order chi connectivity index (χ1) is 14.0. The molecule has 0 aliphatic rings. The molecule has 8 nitrogen and oxygen atoms in total. The summed E-state index contributed by atoms with van der Waals surface area (Å²) >= 11 is 0. The molecule has 4 rings (SSSR count). The Morgan fingerprint density at radius 1 is 1.14 bits per heavy atom. The van der Waals surface area contributed by atoms with Gasteiger partial charge in [-0.2, -0.15) is 8.78 Å². The molecule has 146 valence electrons. The molecule has 0 aliphatic carbocycles. The third kappa shape index (κ3) is 3.88. The summed E-state index contributed by atoms with van der Waals surface area (Å²) in [6, 6.07) is 7.88. The van der Waals surface area contributed by atoms with Gasteiger partial charge >= 0.3 is 6.43 Å². The molecular formula is C18H11F3N6O2. The van der Waals surface area contributed by atoms with Crippen molar-refractivity contribution in [2.75, 3.05) is 0 Å². The van der Waals surface area contributed by atoms with Gasteiger partial charge in [0.05, 0.1) is 24.0 Å². The highest BCUT2D eigenvalue weighted by atomic mass is 19.3. The molecule has 3 aromatic heterocycles. The topological polar surface area (TPSA) is 99.6 Å². The van der Waals surface area contributed by atoms with Gasteiger partial charge in [-0.25, -0.2) is 9.07 Å². The minimum Gasteiger partial charge on any atom is -0.415 e. The summed E-state index contributed by atoms with van der Waals surface area (Å²) in [7, 11) is 0. The molecule has 0 radical (unpaired) electrons. The Balaban J connectivity index is 1.54. The second kappa shape index (κ2) is 7.62. The summed E-state index contributed by atoms with van der Waals surface area (Å²) in [5, 5.41) is 14.6. The number of nitrogens with zero attached hydrogens (tertiary/aromatic N) is 6. The van der Waals surface area contributed by atoms with E-state index in [2.05, 4.69) is 25.5 Å². The largest absolute Gasteiger partial charge is 0.415 e. The molecule has 0 bridgehead atoms. The van der Waals surface area contributed by atoms with Crippen LogP contribution in [0.5, 0.6) is 0 Å². The first-order valence-corrected chi connectivity index (χ1v) is 8.25.